The van der Waals surface area contributed by atoms with Crippen LogP contribution in [0.2, 0.25) is 5.02 Å². The monoisotopic (exact) mass is 507 g/mol. The minimum Gasteiger partial charge on any atom is -0.352 e. The zero-order valence-corrected chi connectivity index (χ0v) is 22.0. The van der Waals surface area contributed by atoms with Crippen LogP contribution in [0.4, 0.5) is 5.69 Å². The standard InChI is InChI=1S/C25H34ClN3O4S/c1-6-22(25(31)27-18(2)3)28(15-14-20-10-8-7-9-11-20)24(30)17-29(34(5,32)33)23-16-21(26)13-12-19(23)4/h7-13,16,18,22H,6,14-15,17H2,1-5H3,(H,27,31)/t22-/m1/s1. The number of nitrogens with one attached hydrogen (secondary N) is 1. The average Bonchev–Trinajstić information content (AvgIpc) is 2.76. The van der Waals surface area contributed by atoms with Crippen molar-refractivity contribution in [3.8, 4) is 0 Å². The number of halogens is 1. The Labute approximate surface area is 208 Å². The number of carbonyl (C=O) groups excluding carboxylic acids is 2. The van der Waals surface area contributed by atoms with Crippen molar-refractivity contribution >= 4 is 39.1 Å². The maximum atomic E-state index is 13.6. The smallest absolute Gasteiger partial charge is 0.244 e. The summed E-state index contributed by atoms with van der Waals surface area (Å²) in [4.78, 5) is 28.0. The second-order valence-corrected chi connectivity index (χ2v) is 11.0. The molecule has 1 atom stereocenters. The molecule has 0 saturated heterocycles. The van der Waals surface area contributed by atoms with E-state index >= 15 is 0 Å². The number of anilines is 1. The van der Waals surface area contributed by atoms with Gasteiger partial charge < -0.3 is 10.2 Å². The second-order valence-electron chi connectivity index (χ2n) is 8.61. The molecule has 1 N–H and O–H groups in total. The highest BCUT2D eigenvalue weighted by Gasteiger charge is 2.32. The molecule has 0 radical (unpaired) electrons. The Morgan fingerprint density at radius 2 is 1.74 bits per heavy atom. The number of benzene rings is 2. The third-order valence-corrected chi connectivity index (χ3v) is 6.78. The molecule has 0 bridgehead atoms. The molecule has 0 spiro atoms. The van der Waals surface area contributed by atoms with Gasteiger partial charge in [0.1, 0.15) is 12.6 Å². The maximum absolute atomic E-state index is 13.6. The highest BCUT2D eigenvalue weighted by molar-refractivity contribution is 7.92. The summed E-state index contributed by atoms with van der Waals surface area (Å²) < 4.78 is 26.4. The summed E-state index contributed by atoms with van der Waals surface area (Å²) in [5, 5.41) is 3.24. The van der Waals surface area contributed by atoms with E-state index in [4.69, 9.17) is 11.6 Å². The largest absolute Gasteiger partial charge is 0.352 e. The minimum atomic E-state index is -3.80. The lowest BCUT2D eigenvalue weighted by atomic mass is 10.1. The summed E-state index contributed by atoms with van der Waals surface area (Å²) in [7, 11) is -3.80. The summed E-state index contributed by atoms with van der Waals surface area (Å²) in [5.41, 5.74) is 2.03. The average molecular weight is 508 g/mol. The number of amides is 2. The highest BCUT2D eigenvalue weighted by Crippen LogP contribution is 2.26. The third-order valence-electron chi connectivity index (χ3n) is 5.42. The Kier molecular flexibility index (Phi) is 9.94. The Hall–Kier alpha value is -2.58. The predicted octanol–water partition coefficient (Wildman–Crippen LogP) is 3.79. The van der Waals surface area contributed by atoms with Crippen molar-refractivity contribution in [3.05, 3.63) is 64.7 Å². The minimum absolute atomic E-state index is 0.0887. The van der Waals surface area contributed by atoms with Gasteiger partial charge in [0.05, 0.1) is 11.9 Å². The summed E-state index contributed by atoms with van der Waals surface area (Å²) in [5.74, 6) is -0.713. The summed E-state index contributed by atoms with van der Waals surface area (Å²) >= 11 is 6.12. The Balaban J connectivity index is 2.40. The van der Waals surface area contributed by atoms with Crippen molar-refractivity contribution in [1.82, 2.24) is 10.2 Å². The van der Waals surface area contributed by atoms with Crippen LogP contribution in [-0.2, 0) is 26.0 Å². The summed E-state index contributed by atoms with van der Waals surface area (Å²) in [6.07, 6.45) is 1.99. The molecule has 0 aliphatic rings. The van der Waals surface area contributed by atoms with Crippen molar-refractivity contribution in [3.63, 3.8) is 0 Å². The first kappa shape index (κ1) is 27.7. The van der Waals surface area contributed by atoms with Crippen molar-refractivity contribution in [2.45, 2.75) is 52.6 Å². The predicted molar refractivity (Wildman–Crippen MR) is 138 cm³/mol. The molecule has 0 unspecified atom stereocenters. The molecular formula is C25H34ClN3O4S. The van der Waals surface area contributed by atoms with Crippen LogP contribution in [0.15, 0.2) is 48.5 Å². The van der Waals surface area contributed by atoms with Gasteiger partial charge in [-0.25, -0.2) is 8.42 Å². The number of hydrogen-bond acceptors (Lipinski definition) is 4. The zero-order valence-electron chi connectivity index (χ0n) is 20.4. The van der Waals surface area contributed by atoms with Gasteiger partial charge in [-0.15, -0.1) is 0 Å². The summed E-state index contributed by atoms with van der Waals surface area (Å²) in [6.45, 7) is 7.15. The van der Waals surface area contributed by atoms with Crippen LogP contribution in [0.5, 0.6) is 0 Å². The molecule has 0 fully saturated rings. The lowest BCUT2D eigenvalue weighted by Crippen LogP contribution is -2.54. The van der Waals surface area contributed by atoms with Crippen LogP contribution >= 0.6 is 11.6 Å². The van der Waals surface area contributed by atoms with E-state index in [1.165, 1.54) is 11.0 Å². The molecule has 0 heterocycles. The Morgan fingerprint density at radius 3 is 2.29 bits per heavy atom. The van der Waals surface area contributed by atoms with Gasteiger partial charge in [-0.2, -0.15) is 0 Å². The molecule has 0 aliphatic carbocycles. The molecule has 186 valence electrons. The number of carbonyl (C=O) groups is 2. The molecule has 7 nitrogen and oxygen atoms in total. The fourth-order valence-electron chi connectivity index (χ4n) is 3.72. The van der Waals surface area contributed by atoms with E-state index in [-0.39, 0.29) is 18.5 Å². The van der Waals surface area contributed by atoms with Gasteiger partial charge in [-0.1, -0.05) is 54.9 Å². The van der Waals surface area contributed by atoms with Crippen molar-refractivity contribution in [2.24, 2.45) is 0 Å². The molecule has 0 saturated carbocycles. The number of hydrogen-bond donors (Lipinski definition) is 1. The van der Waals surface area contributed by atoms with Gasteiger partial charge in [0.2, 0.25) is 21.8 Å². The maximum Gasteiger partial charge on any atom is 0.244 e. The molecule has 2 aromatic rings. The molecular weight excluding hydrogens is 474 g/mol. The van der Waals surface area contributed by atoms with Gasteiger partial charge in [0.15, 0.2) is 0 Å². The topological polar surface area (TPSA) is 86.8 Å². The number of aryl methyl sites for hydroxylation is 1. The van der Waals surface area contributed by atoms with Crippen LogP contribution in [0.1, 0.15) is 38.3 Å². The molecule has 9 heteroatoms. The molecule has 0 aliphatic heterocycles. The molecule has 2 amide bonds. The molecule has 0 aromatic heterocycles. The SMILES string of the molecule is CC[C@H](C(=O)NC(C)C)N(CCc1ccccc1)C(=O)CN(c1cc(Cl)ccc1C)S(C)(=O)=O. The first-order valence-electron chi connectivity index (χ1n) is 11.3. The fourth-order valence-corrected chi connectivity index (χ4v) is 4.79. The number of rotatable bonds is 11. The Bertz CT molecular complexity index is 1090. The second kappa shape index (κ2) is 12.2. The van der Waals surface area contributed by atoms with Crippen LogP contribution < -0.4 is 9.62 Å². The first-order chi connectivity index (χ1) is 15.9. The normalized spacial score (nSPS) is 12.3. The van der Waals surface area contributed by atoms with Crippen LogP contribution in [0, 0.1) is 6.92 Å². The zero-order chi connectivity index (χ0) is 25.5. The number of nitrogens with zero attached hydrogens (tertiary/aromatic N) is 2. The summed E-state index contributed by atoms with van der Waals surface area (Å²) in [6, 6.07) is 13.7. The van der Waals surface area contributed by atoms with E-state index in [0.29, 0.717) is 29.1 Å². The quantitative estimate of drug-likeness (QED) is 0.501. The van der Waals surface area contributed by atoms with Crippen molar-refractivity contribution in [1.29, 1.82) is 0 Å². The third kappa shape index (κ3) is 7.74. The highest BCUT2D eigenvalue weighted by atomic mass is 35.5. The van der Waals surface area contributed by atoms with Gasteiger partial charge in [0, 0.05) is 17.6 Å². The molecule has 34 heavy (non-hydrogen) atoms. The van der Waals surface area contributed by atoms with E-state index in [1.54, 1.807) is 19.1 Å². The Morgan fingerprint density at radius 1 is 1.09 bits per heavy atom. The van der Waals surface area contributed by atoms with Crippen LogP contribution in [0.25, 0.3) is 0 Å². The van der Waals surface area contributed by atoms with Gasteiger partial charge in [-0.05, 0) is 56.9 Å². The van der Waals surface area contributed by atoms with Gasteiger partial charge >= 0.3 is 0 Å². The van der Waals surface area contributed by atoms with E-state index < -0.39 is 28.5 Å². The van der Waals surface area contributed by atoms with Crippen LogP contribution in [-0.4, -0.2) is 56.6 Å². The van der Waals surface area contributed by atoms with Gasteiger partial charge in [0.25, 0.3) is 0 Å². The van der Waals surface area contributed by atoms with E-state index in [9.17, 15) is 18.0 Å². The van der Waals surface area contributed by atoms with E-state index in [1.807, 2.05) is 51.1 Å². The van der Waals surface area contributed by atoms with E-state index in [2.05, 4.69) is 5.32 Å². The first-order valence-corrected chi connectivity index (χ1v) is 13.5. The lowest BCUT2D eigenvalue weighted by Gasteiger charge is -2.33. The van der Waals surface area contributed by atoms with Crippen LogP contribution in [0.3, 0.4) is 0 Å². The number of sulfonamides is 1. The molecule has 2 rings (SSSR count). The van der Waals surface area contributed by atoms with Crippen molar-refractivity contribution in [2.75, 3.05) is 23.7 Å². The lowest BCUT2D eigenvalue weighted by molar-refractivity contribution is -0.139. The van der Waals surface area contributed by atoms with E-state index in [0.717, 1.165) is 16.1 Å². The molecule has 2 aromatic carbocycles. The fraction of sp³-hybridized carbons (Fsp3) is 0.440. The van der Waals surface area contributed by atoms with Crippen molar-refractivity contribution < 1.29 is 18.0 Å². The van der Waals surface area contributed by atoms with Gasteiger partial charge in [-0.3, -0.25) is 13.9 Å².